The molecule has 0 amide bonds. The highest BCUT2D eigenvalue weighted by Crippen LogP contribution is 2.35. The van der Waals surface area contributed by atoms with Crippen molar-refractivity contribution in [1.29, 1.82) is 0 Å². The van der Waals surface area contributed by atoms with Gasteiger partial charge in [0.2, 0.25) is 0 Å². The average Bonchev–Trinajstić information content (AvgIpc) is 2.39. The molecule has 0 saturated carbocycles. The van der Waals surface area contributed by atoms with E-state index in [0.717, 1.165) is 17.5 Å². The molecule has 2 rings (SSSR count). The minimum absolute atomic E-state index is 0.0549. The monoisotopic (exact) mass is 357 g/mol. The van der Waals surface area contributed by atoms with E-state index < -0.39 is 5.82 Å². The molecule has 0 fully saturated rings. The highest BCUT2D eigenvalue weighted by Gasteiger charge is 2.10. The summed E-state index contributed by atoms with van der Waals surface area (Å²) in [5.74, 6) is 0.553. The molecule has 5 heteroatoms. The van der Waals surface area contributed by atoms with E-state index in [1.807, 2.05) is 25.1 Å². The number of hydrogen-bond donors (Lipinski definition) is 1. The molecule has 2 aromatic carbocycles. The van der Waals surface area contributed by atoms with Crippen LogP contribution >= 0.6 is 27.5 Å². The molecule has 0 aliphatic carbocycles. The van der Waals surface area contributed by atoms with Gasteiger partial charge in [-0.3, -0.25) is 0 Å². The van der Waals surface area contributed by atoms with Crippen molar-refractivity contribution in [3.63, 3.8) is 0 Å². The Kier molecular flexibility index (Phi) is 5.02. The highest BCUT2D eigenvalue weighted by atomic mass is 79.9. The Hall–Kier alpha value is -1.10. The first kappa shape index (κ1) is 15.3. The second-order valence-electron chi connectivity index (χ2n) is 4.44. The number of halogens is 3. The Morgan fingerprint density at radius 3 is 2.65 bits per heavy atom. The van der Waals surface area contributed by atoms with Crippen molar-refractivity contribution in [3.8, 4) is 11.5 Å². The van der Waals surface area contributed by atoms with Crippen LogP contribution in [0.5, 0.6) is 11.5 Å². The first-order chi connectivity index (χ1) is 9.51. The molecule has 2 nitrogen and oxygen atoms in total. The molecule has 0 saturated heterocycles. The maximum atomic E-state index is 13.5. The van der Waals surface area contributed by atoms with E-state index in [0.29, 0.717) is 22.5 Å². The molecule has 0 heterocycles. The summed E-state index contributed by atoms with van der Waals surface area (Å²) in [5, 5.41) is 0.0549. The number of benzene rings is 2. The maximum Gasteiger partial charge on any atom is 0.145 e. The van der Waals surface area contributed by atoms with Crippen molar-refractivity contribution >= 4 is 27.5 Å². The Bertz CT molecular complexity index is 634. The lowest BCUT2D eigenvalue weighted by Crippen LogP contribution is -2.03. The van der Waals surface area contributed by atoms with Crippen LogP contribution in [0, 0.1) is 12.7 Å². The quantitative estimate of drug-likeness (QED) is 0.793. The zero-order valence-corrected chi connectivity index (χ0v) is 13.3. The lowest BCUT2D eigenvalue weighted by molar-refractivity contribution is 0.470. The number of hydrogen-bond acceptors (Lipinski definition) is 2. The van der Waals surface area contributed by atoms with Crippen LogP contribution in [0.2, 0.25) is 5.02 Å². The first-order valence-electron chi connectivity index (χ1n) is 6.13. The van der Waals surface area contributed by atoms with Gasteiger partial charge in [0.25, 0.3) is 0 Å². The molecule has 2 aromatic rings. The fraction of sp³-hybridized carbons (Fsp3) is 0.200. The van der Waals surface area contributed by atoms with Crippen molar-refractivity contribution in [2.24, 2.45) is 5.73 Å². The van der Waals surface area contributed by atoms with Gasteiger partial charge in [0.15, 0.2) is 0 Å². The van der Waals surface area contributed by atoms with Gasteiger partial charge >= 0.3 is 0 Å². The topological polar surface area (TPSA) is 35.2 Å². The van der Waals surface area contributed by atoms with Gasteiger partial charge in [-0.2, -0.15) is 0 Å². The van der Waals surface area contributed by atoms with Crippen LogP contribution in [0.3, 0.4) is 0 Å². The summed E-state index contributed by atoms with van der Waals surface area (Å²) in [6.45, 7) is 2.54. The van der Waals surface area contributed by atoms with Crippen LogP contribution < -0.4 is 10.5 Å². The maximum absolute atomic E-state index is 13.5. The third kappa shape index (κ3) is 3.51. The standard InChI is InChI=1S/C15H14BrClFNO/c1-9-6-10(4-5-19)2-3-14(9)20-15-8-13(18)12(17)7-11(15)16/h2-3,6-8H,4-5,19H2,1H3. The molecule has 20 heavy (non-hydrogen) atoms. The summed E-state index contributed by atoms with van der Waals surface area (Å²) in [7, 11) is 0. The van der Waals surface area contributed by atoms with Crippen molar-refractivity contribution in [2.45, 2.75) is 13.3 Å². The van der Waals surface area contributed by atoms with Gasteiger partial charge in [-0.15, -0.1) is 0 Å². The van der Waals surface area contributed by atoms with Crippen molar-refractivity contribution in [2.75, 3.05) is 6.54 Å². The minimum atomic E-state index is -0.512. The summed E-state index contributed by atoms with van der Waals surface area (Å²) in [4.78, 5) is 0. The average molecular weight is 359 g/mol. The zero-order chi connectivity index (χ0) is 14.7. The van der Waals surface area contributed by atoms with E-state index in [-0.39, 0.29) is 5.02 Å². The minimum Gasteiger partial charge on any atom is -0.456 e. The Morgan fingerprint density at radius 2 is 2.00 bits per heavy atom. The van der Waals surface area contributed by atoms with Crippen LogP contribution in [0.25, 0.3) is 0 Å². The number of ether oxygens (including phenoxy) is 1. The van der Waals surface area contributed by atoms with E-state index in [4.69, 9.17) is 22.1 Å². The predicted molar refractivity (Wildman–Crippen MR) is 83.1 cm³/mol. The molecule has 0 aromatic heterocycles. The molecule has 0 bridgehead atoms. The molecular formula is C15H14BrClFNO. The number of nitrogens with two attached hydrogens (primary N) is 1. The van der Waals surface area contributed by atoms with Crippen LogP contribution in [0.4, 0.5) is 4.39 Å². The van der Waals surface area contributed by atoms with E-state index >= 15 is 0 Å². The third-order valence-corrected chi connectivity index (χ3v) is 3.78. The fourth-order valence-electron chi connectivity index (χ4n) is 1.85. The van der Waals surface area contributed by atoms with Crippen molar-refractivity contribution in [3.05, 3.63) is 56.8 Å². The Labute approximate surface area is 130 Å². The highest BCUT2D eigenvalue weighted by molar-refractivity contribution is 9.10. The van der Waals surface area contributed by atoms with Gasteiger partial charge in [0.05, 0.1) is 9.50 Å². The van der Waals surface area contributed by atoms with Gasteiger partial charge in [-0.05, 0) is 59.1 Å². The Balaban J connectivity index is 2.28. The number of rotatable bonds is 4. The largest absolute Gasteiger partial charge is 0.456 e. The van der Waals surface area contributed by atoms with Gasteiger partial charge in [-0.25, -0.2) is 4.39 Å². The molecule has 0 atom stereocenters. The molecule has 0 aliphatic heterocycles. The van der Waals surface area contributed by atoms with E-state index in [1.165, 1.54) is 12.1 Å². The molecule has 0 aliphatic rings. The Morgan fingerprint density at radius 1 is 1.25 bits per heavy atom. The summed E-state index contributed by atoms with van der Waals surface area (Å²) in [6, 6.07) is 8.57. The smallest absolute Gasteiger partial charge is 0.145 e. The predicted octanol–water partition coefficient (Wildman–Crippen LogP) is 4.84. The van der Waals surface area contributed by atoms with Gasteiger partial charge in [-0.1, -0.05) is 23.7 Å². The van der Waals surface area contributed by atoms with Crippen molar-refractivity contribution < 1.29 is 9.13 Å². The van der Waals surface area contributed by atoms with E-state index in [1.54, 1.807) is 0 Å². The van der Waals surface area contributed by atoms with Crippen LogP contribution in [-0.4, -0.2) is 6.54 Å². The lowest BCUT2D eigenvalue weighted by Gasteiger charge is -2.12. The van der Waals surface area contributed by atoms with Crippen LogP contribution in [0.1, 0.15) is 11.1 Å². The van der Waals surface area contributed by atoms with Crippen LogP contribution in [0.15, 0.2) is 34.8 Å². The summed E-state index contributed by atoms with van der Waals surface area (Å²) >= 11 is 9.01. The van der Waals surface area contributed by atoms with Crippen molar-refractivity contribution in [1.82, 2.24) is 0 Å². The molecule has 0 radical (unpaired) electrons. The first-order valence-corrected chi connectivity index (χ1v) is 7.30. The van der Waals surface area contributed by atoms with Gasteiger partial charge in [0.1, 0.15) is 17.3 Å². The van der Waals surface area contributed by atoms with E-state index in [9.17, 15) is 4.39 Å². The lowest BCUT2D eigenvalue weighted by atomic mass is 10.1. The van der Waals surface area contributed by atoms with Crippen LogP contribution in [-0.2, 0) is 6.42 Å². The zero-order valence-electron chi connectivity index (χ0n) is 10.9. The molecule has 0 spiro atoms. The van der Waals surface area contributed by atoms with Gasteiger partial charge < -0.3 is 10.5 Å². The number of aryl methyl sites for hydroxylation is 1. The normalized spacial score (nSPS) is 10.7. The second kappa shape index (κ2) is 6.57. The third-order valence-electron chi connectivity index (χ3n) is 2.87. The fourth-order valence-corrected chi connectivity index (χ4v) is 2.57. The molecule has 0 unspecified atom stereocenters. The molecular weight excluding hydrogens is 345 g/mol. The second-order valence-corrected chi connectivity index (χ2v) is 5.70. The molecule has 2 N–H and O–H groups in total. The summed E-state index contributed by atoms with van der Waals surface area (Å²) in [5.41, 5.74) is 7.65. The summed E-state index contributed by atoms with van der Waals surface area (Å²) < 4.78 is 19.8. The van der Waals surface area contributed by atoms with E-state index in [2.05, 4.69) is 15.9 Å². The SMILES string of the molecule is Cc1cc(CCN)ccc1Oc1cc(F)c(Cl)cc1Br. The molecule has 106 valence electrons. The van der Waals surface area contributed by atoms with Gasteiger partial charge in [0, 0.05) is 6.07 Å². The summed E-state index contributed by atoms with van der Waals surface area (Å²) in [6.07, 6.45) is 0.820.